The van der Waals surface area contributed by atoms with Crippen molar-refractivity contribution in [3.8, 4) is 0 Å². The Morgan fingerprint density at radius 3 is 1.76 bits per heavy atom. The maximum absolute atomic E-state index is 12.8. The Balaban J connectivity index is 1.12. The van der Waals surface area contributed by atoms with Gasteiger partial charge in [-0.25, -0.2) is 4.79 Å². The van der Waals surface area contributed by atoms with E-state index in [-0.39, 0.29) is 11.8 Å². The van der Waals surface area contributed by atoms with Crippen molar-refractivity contribution < 1.29 is 105 Å². The number of carbonyl (C=O) groups is 1. The zero-order chi connectivity index (χ0) is 50.2. The van der Waals surface area contributed by atoms with Gasteiger partial charge in [0.2, 0.25) is 0 Å². The molecule has 4 saturated carbocycles. The molecule has 8 unspecified atom stereocenters. The second kappa shape index (κ2) is 18.1. The third kappa shape index (κ3) is 7.46. The number of rotatable bonds is 10. The van der Waals surface area contributed by atoms with Crippen molar-refractivity contribution in [2.24, 2.45) is 50.2 Å². The van der Waals surface area contributed by atoms with Crippen molar-refractivity contribution in [3.05, 3.63) is 11.6 Å². The molecule has 0 aromatic rings. The number of fused-ring (bicyclic) bond motifs is 7. The van der Waals surface area contributed by atoms with Crippen molar-refractivity contribution in [3.63, 3.8) is 0 Å². The molecular weight excluding hydrogens is 900 g/mol. The number of ether oxygens (including phenoxy) is 6. The van der Waals surface area contributed by atoms with Crippen LogP contribution in [0.2, 0.25) is 0 Å². The van der Waals surface area contributed by atoms with Crippen molar-refractivity contribution in [2.45, 2.75) is 204 Å². The molecule has 3 aliphatic heterocycles. The van der Waals surface area contributed by atoms with Crippen LogP contribution in [0.5, 0.6) is 0 Å². The van der Waals surface area contributed by atoms with Crippen LogP contribution in [0.4, 0.5) is 0 Å². The van der Waals surface area contributed by atoms with E-state index in [1.165, 1.54) is 0 Å². The quantitative estimate of drug-likeness (QED) is 0.0778. The topological polar surface area (TPSA) is 356 Å². The van der Waals surface area contributed by atoms with Crippen LogP contribution in [0.25, 0.3) is 0 Å². The molecule has 0 amide bonds. The molecule has 8 aliphatic rings. The minimum absolute atomic E-state index is 0.0771. The fourth-order valence-corrected chi connectivity index (χ4v) is 15.2. The molecule has 0 aromatic heterocycles. The van der Waals surface area contributed by atoms with Crippen molar-refractivity contribution in [1.82, 2.24) is 0 Å². The normalized spacial score (nSPS) is 55.3. The van der Waals surface area contributed by atoms with Crippen LogP contribution in [0.1, 0.15) is 87.0 Å². The fraction of sp³-hybridized carbons (Fsp3) is 0.936. The van der Waals surface area contributed by atoms with E-state index >= 15 is 0 Å². The number of allylic oxidation sites excluding steroid dienone is 1. The van der Waals surface area contributed by atoms with Gasteiger partial charge in [-0.3, -0.25) is 0 Å². The van der Waals surface area contributed by atoms with Crippen LogP contribution in [0, 0.1) is 50.2 Å². The Kier molecular flexibility index (Phi) is 14.1. The van der Waals surface area contributed by atoms with Gasteiger partial charge in [0.1, 0.15) is 61.0 Å². The summed E-state index contributed by atoms with van der Waals surface area (Å²) >= 11 is 0. The lowest BCUT2D eigenvalue weighted by molar-refractivity contribution is -0.386. The first-order valence-electron chi connectivity index (χ1n) is 24.1. The minimum atomic E-state index is -2.10. The van der Waals surface area contributed by atoms with Crippen LogP contribution in [-0.4, -0.2) is 214 Å². The number of aliphatic carboxylic acids is 1. The Labute approximate surface area is 395 Å². The van der Waals surface area contributed by atoms with Crippen molar-refractivity contribution in [1.29, 1.82) is 0 Å². The molecule has 5 aliphatic carbocycles. The summed E-state index contributed by atoms with van der Waals surface area (Å²) in [7, 11) is 0. The second-order valence-electron chi connectivity index (χ2n) is 23.3. The molecule has 8 rings (SSSR count). The number of carboxylic acids is 1. The number of hydrogen-bond acceptors (Lipinski definition) is 20. The summed E-state index contributed by atoms with van der Waals surface area (Å²) in [6.45, 7) is 11.9. The average Bonchev–Trinajstić information content (AvgIpc) is 3.55. The fourth-order valence-electron chi connectivity index (χ4n) is 15.2. The zero-order valence-electron chi connectivity index (χ0n) is 39.8. The number of aliphatic hydroxyl groups excluding tert-OH is 13. The Hall–Kier alpha value is -1.55. The number of carboxylic acid groups (broad SMARTS) is 1. The first-order valence-corrected chi connectivity index (χ1v) is 24.1. The molecule has 0 radical (unpaired) electrons. The molecule has 0 spiro atoms. The van der Waals surface area contributed by atoms with Crippen molar-refractivity contribution in [2.75, 3.05) is 19.8 Å². The average molecular weight is 977 g/mol. The third-order valence-electron chi connectivity index (χ3n) is 19.5. The van der Waals surface area contributed by atoms with Gasteiger partial charge in [-0.2, -0.15) is 0 Å². The minimum Gasteiger partial charge on any atom is -0.479 e. The van der Waals surface area contributed by atoms with Crippen LogP contribution in [0.15, 0.2) is 11.6 Å². The lowest BCUT2D eigenvalue weighted by Gasteiger charge is -2.73. The van der Waals surface area contributed by atoms with E-state index in [9.17, 15) is 76.3 Å². The maximum atomic E-state index is 12.8. The van der Waals surface area contributed by atoms with Gasteiger partial charge >= 0.3 is 5.97 Å². The summed E-state index contributed by atoms with van der Waals surface area (Å²) < 4.78 is 36.2. The highest BCUT2D eigenvalue weighted by Crippen LogP contribution is 2.76. The Bertz CT molecular complexity index is 1880. The molecule has 0 bridgehead atoms. The molecular formula is C47H76O21. The Morgan fingerprint density at radius 2 is 1.19 bits per heavy atom. The molecule has 68 heavy (non-hydrogen) atoms. The van der Waals surface area contributed by atoms with Gasteiger partial charge in [0.05, 0.1) is 55.8 Å². The predicted octanol–water partition coefficient (Wildman–Crippen LogP) is -2.77. The summed E-state index contributed by atoms with van der Waals surface area (Å²) in [6.07, 6.45) is -26.4. The van der Waals surface area contributed by atoms with Gasteiger partial charge in [-0.05, 0) is 77.9 Å². The van der Waals surface area contributed by atoms with E-state index in [1.54, 1.807) is 0 Å². The molecule has 21 heteroatoms. The monoisotopic (exact) mass is 976 g/mol. The van der Waals surface area contributed by atoms with E-state index in [4.69, 9.17) is 28.4 Å². The van der Waals surface area contributed by atoms with Crippen LogP contribution in [-0.2, 0) is 33.2 Å². The lowest BCUT2D eigenvalue weighted by Crippen LogP contribution is -2.76. The highest BCUT2D eigenvalue weighted by atomic mass is 16.8. The summed E-state index contributed by atoms with van der Waals surface area (Å²) in [5.74, 6) is -2.36. The Morgan fingerprint density at radius 1 is 0.632 bits per heavy atom. The maximum Gasteiger partial charge on any atom is 0.335 e. The van der Waals surface area contributed by atoms with E-state index in [2.05, 4.69) is 19.9 Å². The molecule has 390 valence electrons. The molecule has 3 heterocycles. The van der Waals surface area contributed by atoms with E-state index in [0.717, 1.165) is 5.57 Å². The van der Waals surface area contributed by atoms with Gasteiger partial charge in [0.25, 0.3) is 0 Å². The lowest BCUT2D eigenvalue weighted by atomic mass is 9.32. The molecule has 14 N–H and O–H groups in total. The number of hydrogen-bond donors (Lipinski definition) is 14. The van der Waals surface area contributed by atoms with E-state index in [1.807, 2.05) is 34.6 Å². The van der Waals surface area contributed by atoms with E-state index in [0.29, 0.717) is 38.5 Å². The second-order valence-corrected chi connectivity index (χ2v) is 23.3. The largest absolute Gasteiger partial charge is 0.479 e. The van der Waals surface area contributed by atoms with Gasteiger partial charge in [-0.1, -0.05) is 60.1 Å². The highest BCUT2D eigenvalue weighted by Gasteiger charge is 2.75. The SMILES string of the molecule is CC1(C)CC2C3=CCC4[C@@]5(C)CC[C@H](O[C@@H]6OC(C(=O)O)[C@@H](O)C(O[C@@H]7O[C@@H](CO)C(O)[C@@H]7O)[C@@H]6O[C@@H]6OC(CO)[C@H](O)C(O)[C@@H]6O)C(C)(C)C5CC[C@@]4(C)[C@]3(C)[C@@H](O)[C@@H](O)[C@@]2(CO)[C@@H](O)[C@@H]1O. The van der Waals surface area contributed by atoms with Gasteiger partial charge in [0, 0.05) is 5.41 Å². The third-order valence-corrected chi connectivity index (χ3v) is 19.5. The molecule has 26 atom stereocenters. The number of aliphatic hydroxyl groups is 13. The predicted molar refractivity (Wildman–Crippen MR) is 230 cm³/mol. The van der Waals surface area contributed by atoms with Crippen LogP contribution >= 0.6 is 0 Å². The summed E-state index contributed by atoms with van der Waals surface area (Å²) in [5.41, 5.74) is -4.33. The summed E-state index contributed by atoms with van der Waals surface area (Å²) in [6, 6.07) is 0. The zero-order valence-corrected chi connectivity index (χ0v) is 39.8. The highest BCUT2D eigenvalue weighted by molar-refractivity contribution is 5.73. The smallest absolute Gasteiger partial charge is 0.335 e. The molecule has 0 aromatic carbocycles. The van der Waals surface area contributed by atoms with Crippen LogP contribution < -0.4 is 0 Å². The molecule has 3 saturated heterocycles. The van der Waals surface area contributed by atoms with Gasteiger partial charge in [0.15, 0.2) is 25.0 Å². The van der Waals surface area contributed by atoms with Gasteiger partial charge in [-0.15, -0.1) is 0 Å². The first kappa shape index (κ1) is 52.8. The van der Waals surface area contributed by atoms with Crippen molar-refractivity contribution >= 4 is 5.97 Å². The first-order chi connectivity index (χ1) is 31.6. The summed E-state index contributed by atoms with van der Waals surface area (Å²) in [5, 5.41) is 154. The van der Waals surface area contributed by atoms with Gasteiger partial charge < -0.3 is 99.9 Å². The van der Waals surface area contributed by atoms with Crippen LogP contribution in [0.3, 0.4) is 0 Å². The molecule has 21 nitrogen and oxygen atoms in total. The summed E-state index contributed by atoms with van der Waals surface area (Å²) in [4.78, 5) is 12.8. The standard InChI is InChI=1S/C47H76O21/c1-42(2)14-19-18-8-9-23-44(5)12-11-24(43(3,4)22(44)10-13-45(23,6)46(18,7)35(58)37(60)47(19,17-50)36(59)34(42)57)65-41-33(68-40-29(55)27(53)25(51)20(15-48)63-40)31(30(56)32(67-41)38(61)62)66-39-28(54)26(52)21(16-49)64-39/h8,19-37,39-41,48-60H,9-17H2,1-7H3,(H,61,62)/t19?,20?,21-,22?,23?,24-,25-,26?,27?,28-,29-,30-,31?,32?,33-,34-,35-,36-,37+,39-,40-,41+,44-,45+,46-,47+/m0/s1. The van der Waals surface area contributed by atoms with E-state index < -0.39 is 181 Å². The molecule has 7 fully saturated rings.